The van der Waals surface area contributed by atoms with Crippen LogP contribution in [0.3, 0.4) is 0 Å². The van der Waals surface area contributed by atoms with E-state index in [1.807, 2.05) is 6.07 Å². The molecule has 0 aliphatic rings. The molecule has 0 N–H and O–H groups in total. The zero-order valence-corrected chi connectivity index (χ0v) is 17.8. The van der Waals surface area contributed by atoms with Gasteiger partial charge in [-0.05, 0) is 31.2 Å². The number of benzene rings is 2. The molecule has 0 radical (unpaired) electrons. The van der Waals surface area contributed by atoms with Crippen molar-refractivity contribution in [3.05, 3.63) is 74.8 Å². The van der Waals surface area contributed by atoms with Crippen molar-refractivity contribution in [2.45, 2.75) is 20.3 Å². The summed E-state index contributed by atoms with van der Waals surface area (Å²) in [6, 6.07) is 9.30. The van der Waals surface area contributed by atoms with Gasteiger partial charge in [0.15, 0.2) is 17.5 Å². The molecule has 0 amide bonds. The third-order valence-electron chi connectivity index (χ3n) is 4.26. The lowest BCUT2D eigenvalue weighted by atomic mass is 10.1. The van der Waals surface area contributed by atoms with Crippen molar-refractivity contribution in [1.82, 2.24) is 15.2 Å². The van der Waals surface area contributed by atoms with Crippen molar-refractivity contribution in [3.8, 4) is 29.2 Å². The second-order valence-electron chi connectivity index (χ2n) is 6.56. The minimum atomic E-state index is -0.697. The molecule has 0 spiro atoms. The van der Waals surface area contributed by atoms with Crippen LogP contribution < -0.4 is 4.74 Å². The number of nitriles is 1. The molecule has 0 aliphatic heterocycles. The van der Waals surface area contributed by atoms with Gasteiger partial charge >= 0.3 is 0 Å². The van der Waals surface area contributed by atoms with Crippen LogP contribution in [0.5, 0.6) is 11.5 Å². The molecule has 0 bridgehead atoms. The maximum atomic E-state index is 15.2. The van der Waals surface area contributed by atoms with E-state index in [-0.39, 0.29) is 50.9 Å². The second kappa shape index (κ2) is 8.38. The number of halogens is 3. The Balaban J connectivity index is 1.62. The zero-order valence-electron chi connectivity index (χ0n) is 16.2. The maximum Gasteiger partial charge on any atom is 0.285 e. The molecular weight excluding hydrogens is 446 g/mol. The summed E-state index contributed by atoms with van der Waals surface area (Å²) in [5, 5.41) is 17.3. The highest BCUT2D eigenvalue weighted by atomic mass is 35.5. The van der Waals surface area contributed by atoms with Gasteiger partial charge in [0.05, 0.1) is 28.8 Å². The van der Waals surface area contributed by atoms with E-state index in [9.17, 15) is 0 Å². The van der Waals surface area contributed by atoms with Gasteiger partial charge in [0.2, 0.25) is 11.7 Å². The SMILES string of the molecule is Cc1nc(C)c(-c2nnc(Cc3ccc(Cl)c(Oc4cc(Cl)cc(C#N)c4)c3F)o2)o1. The first-order valence-corrected chi connectivity index (χ1v) is 9.72. The lowest BCUT2D eigenvalue weighted by Gasteiger charge is -2.11. The van der Waals surface area contributed by atoms with Crippen molar-refractivity contribution in [1.29, 1.82) is 5.26 Å². The van der Waals surface area contributed by atoms with Crippen LogP contribution in [-0.2, 0) is 6.42 Å². The summed E-state index contributed by atoms with van der Waals surface area (Å²) in [4.78, 5) is 4.16. The summed E-state index contributed by atoms with van der Waals surface area (Å²) in [5.41, 5.74) is 1.11. The predicted octanol–water partition coefficient (Wildman–Crippen LogP) is 6.04. The maximum absolute atomic E-state index is 15.2. The van der Waals surface area contributed by atoms with E-state index in [0.29, 0.717) is 17.3 Å². The van der Waals surface area contributed by atoms with Gasteiger partial charge in [-0.2, -0.15) is 5.26 Å². The molecule has 2 aromatic carbocycles. The first kappa shape index (κ1) is 20.8. The number of oxazole rings is 1. The van der Waals surface area contributed by atoms with E-state index in [0.717, 1.165) is 0 Å². The fraction of sp³-hybridized carbons (Fsp3) is 0.143. The molecule has 4 aromatic rings. The normalized spacial score (nSPS) is 10.8. The molecule has 7 nitrogen and oxygen atoms in total. The molecule has 0 aliphatic carbocycles. The topological polar surface area (TPSA) is 98.0 Å². The Morgan fingerprint density at radius 2 is 1.94 bits per heavy atom. The summed E-state index contributed by atoms with van der Waals surface area (Å²) >= 11 is 12.1. The molecule has 0 atom stereocenters. The molecule has 0 saturated heterocycles. The number of hydrogen-bond acceptors (Lipinski definition) is 7. The first-order valence-electron chi connectivity index (χ1n) is 8.96. The van der Waals surface area contributed by atoms with Gasteiger partial charge < -0.3 is 13.6 Å². The van der Waals surface area contributed by atoms with Gasteiger partial charge in [-0.3, -0.25) is 0 Å². The fourth-order valence-electron chi connectivity index (χ4n) is 2.92. The summed E-state index contributed by atoms with van der Waals surface area (Å²) < 4.78 is 31.8. The molecule has 2 heterocycles. The highest BCUT2D eigenvalue weighted by molar-refractivity contribution is 6.32. The van der Waals surface area contributed by atoms with Gasteiger partial charge in [0, 0.05) is 17.5 Å². The Kier molecular flexibility index (Phi) is 5.63. The van der Waals surface area contributed by atoms with E-state index in [1.165, 1.54) is 30.3 Å². The Morgan fingerprint density at radius 3 is 2.65 bits per heavy atom. The van der Waals surface area contributed by atoms with Crippen molar-refractivity contribution < 1.29 is 18.0 Å². The second-order valence-corrected chi connectivity index (χ2v) is 7.41. The minimum absolute atomic E-state index is 0.00246. The molecule has 31 heavy (non-hydrogen) atoms. The molecule has 0 saturated carbocycles. The average Bonchev–Trinajstić information content (AvgIpc) is 3.32. The lowest BCUT2D eigenvalue weighted by Crippen LogP contribution is -1.98. The molecule has 0 unspecified atom stereocenters. The number of aromatic nitrogens is 3. The Bertz CT molecular complexity index is 1330. The quantitative estimate of drug-likeness (QED) is 0.359. The van der Waals surface area contributed by atoms with E-state index in [2.05, 4.69) is 15.2 Å². The van der Waals surface area contributed by atoms with Crippen LogP contribution in [0, 0.1) is 31.0 Å². The smallest absolute Gasteiger partial charge is 0.285 e. The summed E-state index contributed by atoms with van der Waals surface area (Å²) in [6.45, 7) is 3.46. The predicted molar refractivity (Wildman–Crippen MR) is 110 cm³/mol. The summed E-state index contributed by atoms with van der Waals surface area (Å²) in [6.07, 6.45) is -0.00246. The van der Waals surface area contributed by atoms with Crippen LogP contribution in [0.15, 0.2) is 39.2 Å². The minimum Gasteiger partial charge on any atom is -0.453 e. The molecule has 0 fully saturated rings. The number of rotatable bonds is 5. The van der Waals surface area contributed by atoms with Crippen molar-refractivity contribution in [2.24, 2.45) is 0 Å². The third kappa shape index (κ3) is 4.38. The van der Waals surface area contributed by atoms with Crippen LogP contribution >= 0.6 is 23.2 Å². The molecule has 4 rings (SSSR count). The van der Waals surface area contributed by atoms with Crippen LogP contribution in [0.2, 0.25) is 10.0 Å². The van der Waals surface area contributed by atoms with Crippen molar-refractivity contribution in [2.75, 3.05) is 0 Å². The monoisotopic (exact) mass is 458 g/mol. The number of aryl methyl sites for hydroxylation is 2. The largest absolute Gasteiger partial charge is 0.453 e. The lowest BCUT2D eigenvalue weighted by molar-refractivity contribution is 0.436. The highest BCUT2D eigenvalue weighted by Crippen LogP contribution is 2.36. The number of ether oxygens (including phenoxy) is 1. The van der Waals surface area contributed by atoms with Gasteiger partial charge in [0.25, 0.3) is 5.89 Å². The number of hydrogen-bond donors (Lipinski definition) is 0. The van der Waals surface area contributed by atoms with Crippen LogP contribution in [0.4, 0.5) is 4.39 Å². The van der Waals surface area contributed by atoms with Crippen LogP contribution in [-0.4, -0.2) is 15.2 Å². The Morgan fingerprint density at radius 1 is 1.13 bits per heavy atom. The van der Waals surface area contributed by atoms with E-state index >= 15 is 4.39 Å². The third-order valence-corrected chi connectivity index (χ3v) is 4.77. The van der Waals surface area contributed by atoms with Crippen LogP contribution in [0.1, 0.15) is 28.6 Å². The Hall–Kier alpha value is -3.41. The van der Waals surface area contributed by atoms with Gasteiger partial charge in [0.1, 0.15) is 5.75 Å². The van der Waals surface area contributed by atoms with Gasteiger partial charge in [-0.25, -0.2) is 9.37 Å². The van der Waals surface area contributed by atoms with E-state index < -0.39 is 5.82 Å². The molecule has 10 heteroatoms. The summed E-state index contributed by atoms with van der Waals surface area (Å²) in [7, 11) is 0. The molecule has 2 aromatic heterocycles. The van der Waals surface area contributed by atoms with E-state index in [4.69, 9.17) is 42.0 Å². The fourth-order valence-corrected chi connectivity index (χ4v) is 3.33. The zero-order chi connectivity index (χ0) is 22.1. The van der Waals surface area contributed by atoms with Gasteiger partial charge in [-0.1, -0.05) is 29.3 Å². The van der Waals surface area contributed by atoms with Crippen molar-refractivity contribution in [3.63, 3.8) is 0 Å². The molecule has 156 valence electrons. The first-order chi connectivity index (χ1) is 14.8. The van der Waals surface area contributed by atoms with Crippen LogP contribution in [0.25, 0.3) is 11.7 Å². The standard InChI is InChI=1S/C21H13Cl2FN4O3/c1-10-19(29-11(2)26-10)21-28-27-17(31-21)7-13-3-4-16(23)20(18(13)24)30-15-6-12(9-25)5-14(22)8-15/h3-6,8H,7H2,1-2H3. The van der Waals surface area contributed by atoms with E-state index in [1.54, 1.807) is 13.8 Å². The summed E-state index contributed by atoms with van der Waals surface area (Å²) in [5.74, 6) is 0.443. The average molecular weight is 459 g/mol. The highest BCUT2D eigenvalue weighted by Gasteiger charge is 2.20. The molecular formula is C21H13Cl2FN4O3. The number of nitrogens with zero attached hydrogens (tertiary/aromatic N) is 4. The van der Waals surface area contributed by atoms with Gasteiger partial charge in [-0.15, -0.1) is 10.2 Å². The Labute approximate surface area is 186 Å². The van der Waals surface area contributed by atoms with Crippen molar-refractivity contribution >= 4 is 23.2 Å².